The molecule has 0 fully saturated rings. The summed E-state index contributed by atoms with van der Waals surface area (Å²) >= 11 is 0. The summed E-state index contributed by atoms with van der Waals surface area (Å²) in [5, 5.41) is 15.2. The van der Waals surface area contributed by atoms with Crippen LogP contribution in [0, 0.1) is 5.92 Å². The van der Waals surface area contributed by atoms with Crippen LogP contribution >= 0.6 is 0 Å². The Morgan fingerprint density at radius 1 is 1.03 bits per heavy atom. The highest BCUT2D eigenvalue weighted by Crippen LogP contribution is 2.35. The number of phenols is 1. The Bertz CT molecular complexity index is 1290. The Morgan fingerprint density at radius 3 is 2.42 bits per heavy atom. The van der Waals surface area contributed by atoms with Crippen molar-refractivity contribution in [2.75, 3.05) is 18.2 Å². The first kappa shape index (κ1) is 27.8. The van der Waals surface area contributed by atoms with Gasteiger partial charge in [-0.05, 0) is 66.8 Å². The van der Waals surface area contributed by atoms with Gasteiger partial charge in [0.2, 0.25) is 5.91 Å². The van der Waals surface area contributed by atoms with E-state index in [4.69, 9.17) is 15.2 Å². The number of nitrogens with one attached hydrogen (secondary N) is 2. The van der Waals surface area contributed by atoms with E-state index in [9.17, 15) is 19.5 Å². The number of anilines is 2. The van der Waals surface area contributed by atoms with Crippen LogP contribution in [-0.4, -0.2) is 30.1 Å². The smallest absolute Gasteiger partial charge is 0.414 e. The fraction of sp³-hybridized carbons (Fsp3) is 0.207. The second-order valence-electron chi connectivity index (χ2n) is 8.61. The molecule has 2 atom stereocenters. The van der Waals surface area contributed by atoms with Crippen LogP contribution in [0.5, 0.6) is 11.5 Å². The number of alkyl carbamates (subject to hydrolysis) is 1. The van der Waals surface area contributed by atoms with Gasteiger partial charge in [0.05, 0.1) is 18.5 Å². The number of nitrogens with two attached hydrogens (primary N) is 1. The number of ether oxygens (including phenoxy) is 2. The molecule has 3 aromatic rings. The molecule has 0 aliphatic heterocycles. The zero-order chi connectivity index (χ0) is 27.5. The number of imide groups is 1. The molecule has 0 aromatic heterocycles. The summed E-state index contributed by atoms with van der Waals surface area (Å²) in [5.41, 5.74) is 7.69. The van der Waals surface area contributed by atoms with Gasteiger partial charge in [0.1, 0.15) is 6.10 Å². The van der Waals surface area contributed by atoms with Crippen molar-refractivity contribution in [1.29, 1.82) is 0 Å². The number of methoxy groups -OCH3 is 1. The van der Waals surface area contributed by atoms with Crippen LogP contribution in [0.1, 0.15) is 41.8 Å². The van der Waals surface area contributed by atoms with Gasteiger partial charge in [-0.1, -0.05) is 49.4 Å². The third kappa shape index (κ3) is 7.86. The minimum absolute atomic E-state index is 0.108. The molecular weight excluding hydrogens is 486 g/mol. The Morgan fingerprint density at radius 2 is 1.74 bits per heavy atom. The number of allylic oxidation sites excluding steroid dienone is 1. The maximum atomic E-state index is 12.6. The van der Waals surface area contributed by atoms with E-state index in [1.807, 2.05) is 6.92 Å². The van der Waals surface area contributed by atoms with E-state index in [-0.39, 0.29) is 23.3 Å². The molecule has 3 rings (SSSR count). The lowest BCUT2D eigenvalue weighted by Gasteiger charge is -2.25. The monoisotopic (exact) mass is 517 g/mol. The van der Waals surface area contributed by atoms with Crippen molar-refractivity contribution in [1.82, 2.24) is 5.32 Å². The molecule has 9 nitrogen and oxygen atoms in total. The van der Waals surface area contributed by atoms with Gasteiger partial charge in [-0.25, -0.2) is 4.79 Å². The van der Waals surface area contributed by atoms with Crippen molar-refractivity contribution >= 4 is 29.3 Å². The maximum Gasteiger partial charge on any atom is 0.414 e. The van der Waals surface area contributed by atoms with Crippen LogP contribution in [-0.2, 0) is 9.53 Å². The molecule has 0 aliphatic carbocycles. The highest BCUT2D eigenvalue weighted by molar-refractivity contribution is 6.03. The average Bonchev–Trinajstić information content (AvgIpc) is 2.91. The molecule has 3 aromatic carbocycles. The number of hydrogen-bond acceptors (Lipinski definition) is 7. The van der Waals surface area contributed by atoms with Crippen LogP contribution in [0.15, 0.2) is 84.9 Å². The number of para-hydroxylation sites is 2. The zero-order valence-electron chi connectivity index (χ0n) is 21.2. The number of rotatable bonds is 10. The first-order chi connectivity index (χ1) is 18.3. The first-order valence-corrected chi connectivity index (χ1v) is 12.0. The van der Waals surface area contributed by atoms with E-state index in [1.165, 1.54) is 19.3 Å². The Kier molecular flexibility index (Phi) is 9.87. The summed E-state index contributed by atoms with van der Waals surface area (Å²) in [6, 6.07) is 20.0. The molecular formula is C29H31N3O6. The van der Waals surface area contributed by atoms with Gasteiger partial charge in [0.25, 0.3) is 5.91 Å². The molecule has 0 radical (unpaired) electrons. The van der Waals surface area contributed by atoms with E-state index in [0.717, 1.165) is 0 Å². The lowest BCUT2D eigenvalue weighted by Crippen LogP contribution is -2.33. The van der Waals surface area contributed by atoms with Crippen molar-refractivity contribution < 1.29 is 29.0 Å². The van der Waals surface area contributed by atoms with E-state index < -0.39 is 18.1 Å². The van der Waals surface area contributed by atoms with Gasteiger partial charge in [0, 0.05) is 5.56 Å². The normalized spacial score (nSPS) is 12.4. The summed E-state index contributed by atoms with van der Waals surface area (Å²) in [5.74, 6) is -0.979. The lowest BCUT2D eigenvalue weighted by atomic mass is 9.92. The maximum absolute atomic E-state index is 12.6. The van der Waals surface area contributed by atoms with Crippen LogP contribution in [0.3, 0.4) is 0 Å². The molecule has 5 N–H and O–H groups in total. The SMILES string of the molecule is COc1ccc([C@@H](OC(=O)NC(=O)c2ccccc2)[C@@H](C)CC/C=C/C(=O)Nc2ccccc2N)cc1O. The van der Waals surface area contributed by atoms with Gasteiger partial charge < -0.3 is 25.6 Å². The number of hydrogen-bond donors (Lipinski definition) is 4. The lowest BCUT2D eigenvalue weighted by molar-refractivity contribution is -0.111. The molecule has 38 heavy (non-hydrogen) atoms. The van der Waals surface area contributed by atoms with Gasteiger partial charge >= 0.3 is 6.09 Å². The summed E-state index contributed by atoms with van der Waals surface area (Å²) in [6.45, 7) is 1.87. The van der Waals surface area contributed by atoms with Crippen molar-refractivity contribution in [2.45, 2.75) is 25.9 Å². The van der Waals surface area contributed by atoms with Crippen molar-refractivity contribution in [2.24, 2.45) is 5.92 Å². The Labute approximate surface area is 221 Å². The Hall–Kier alpha value is -4.79. The number of benzene rings is 3. The minimum Gasteiger partial charge on any atom is -0.504 e. The molecule has 0 saturated heterocycles. The van der Waals surface area contributed by atoms with Gasteiger partial charge in [-0.15, -0.1) is 0 Å². The van der Waals surface area contributed by atoms with Crippen molar-refractivity contribution in [3.05, 3.63) is 96.1 Å². The highest BCUT2D eigenvalue weighted by Gasteiger charge is 2.25. The first-order valence-electron chi connectivity index (χ1n) is 12.0. The molecule has 0 heterocycles. The van der Waals surface area contributed by atoms with Crippen LogP contribution in [0.4, 0.5) is 16.2 Å². The number of carbonyl (C=O) groups excluding carboxylic acids is 3. The fourth-order valence-corrected chi connectivity index (χ4v) is 3.78. The molecule has 9 heteroatoms. The fourth-order valence-electron chi connectivity index (χ4n) is 3.78. The van der Waals surface area contributed by atoms with Crippen LogP contribution in [0.2, 0.25) is 0 Å². The standard InChI is InChI=1S/C29H31N3O6/c1-19(10-6-9-15-26(34)31-23-14-8-7-13-22(23)30)27(21-16-17-25(37-2)24(33)18-21)38-29(36)32-28(35)20-11-4-3-5-12-20/h3-5,7-9,11-19,27,33H,6,10,30H2,1-2H3,(H,31,34)(H,32,35,36)/b15-9+/t19-,27-/m0/s1. The zero-order valence-corrected chi connectivity index (χ0v) is 21.2. The minimum atomic E-state index is -0.915. The third-order valence-electron chi connectivity index (χ3n) is 5.81. The Balaban J connectivity index is 1.66. The summed E-state index contributed by atoms with van der Waals surface area (Å²) < 4.78 is 10.8. The van der Waals surface area contributed by atoms with Crippen LogP contribution < -0.4 is 21.1 Å². The average molecular weight is 518 g/mol. The molecule has 198 valence electrons. The third-order valence-corrected chi connectivity index (χ3v) is 5.81. The van der Waals surface area contributed by atoms with E-state index >= 15 is 0 Å². The second kappa shape index (κ2) is 13.5. The summed E-state index contributed by atoms with van der Waals surface area (Å²) in [4.78, 5) is 37.2. The predicted octanol–water partition coefficient (Wildman–Crippen LogP) is 5.20. The van der Waals surface area contributed by atoms with Crippen molar-refractivity contribution in [3.8, 4) is 11.5 Å². The number of nitrogen functional groups attached to an aromatic ring is 1. The largest absolute Gasteiger partial charge is 0.504 e. The van der Waals surface area contributed by atoms with Gasteiger partial charge in [0.15, 0.2) is 11.5 Å². The molecule has 0 saturated carbocycles. The van der Waals surface area contributed by atoms with Gasteiger partial charge in [-0.2, -0.15) is 0 Å². The highest BCUT2D eigenvalue weighted by atomic mass is 16.6. The van der Waals surface area contributed by atoms with E-state index in [2.05, 4.69) is 10.6 Å². The predicted molar refractivity (Wildman–Crippen MR) is 145 cm³/mol. The van der Waals surface area contributed by atoms with Crippen molar-refractivity contribution in [3.63, 3.8) is 0 Å². The molecule has 0 spiro atoms. The molecule has 0 unspecified atom stereocenters. The van der Waals surface area contributed by atoms with E-state index in [0.29, 0.717) is 35.3 Å². The second-order valence-corrected chi connectivity index (χ2v) is 8.61. The number of carbonyl (C=O) groups is 3. The quantitative estimate of drug-likeness (QED) is 0.214. The number of amides is 3. The van der Waals surface area contributed by atoms with Gasteiger partial charge in [-0.3, -0.25) is 14.9 Å². The number of phenolic OH excluding ortho intramolecular Hbond substituents is 1. The number of aromatic hydroxyl groups is 1. The molecule has 0 bridgehead atoms. The van der Waals surface area contributed by atoms with E-state index in [1.54, 1.807) is 72.8 Å². The summed E-state index contributed by atoms with van der Waals surface area (Å²) in [7, 11) is 1.43. The van der Waals surface area contributed by atoms with Crippen LogP contribution in [0.25, 0.3) is 0 Å². The molecule has 3 amide bonds. The summed E-state index contributed by atoms with van der Waals surface area (Å²) in [6.07, 6.45) is 2.47. The molecule has 0 aliphatic rings. The topological polar surface area (TPSA) is 140 Å².